The van der Waals surface area contributed by atoms with Gasteiger partial charge in [-0.3, -0.25) is 4.79 Å². The van der Waals surface area contributed by atoms with Crippen molar-refractivity contribution in [2.45, 2.75) is 12.8 Å². The average molecular weight is 325 g/mol. The van der Waals surface area contributed by atoms with Crippen LogP contribution < -0.4 is 0 Å². The molecule has 1 atom stereocenters. The van der Waals surface area contributed by atoms with Crippen molar-refractivity contribution in [1.29, 1.82) is 0 Å². The summed E-state index contributed by atoms with van der Waals surface area (Å²) in [6.07, 6.45) is 0. The predicted octanol–water partition coefficient (Wildman–Crippen LogP) is 4.71. The van der Waals surface area contributed by atoms with E-state index in [2.05, 4.69) is 15.9 Å². The van der Waals surface area contributed by atoms with Gasteiger partial charge < -0.3 is 0 Å². The molecule has 0 N–H and O–H groups in total. The molecule has 2 rings (SSSR count). The Morgan fingerprint density at radius 3 is 2.37 bits per heavy atom. The SMILES string of the molecule is CC(C(=O)c1cc(F)c(Br)cc1F)c1ccccc1. The molecule has 0 bridgehead atoms. The van der Waals surface area contributed by atoms with Crippen LogP contribution in [0.15, 0.2) is 46.9 Å². The van der Waals surface area contributed by atoms with E-state index < -0.39 is 23.3 Å². The van der Waals surface area contributed by atoms with Crippen molar-refractivity contribution in [3.05, 3.63) is 69.7 Å². The summed E-state index contributed by atoms with van der Waals surface area (Å²) < 4.78 is 27.2. The third kappa shape index (κ3) is 2.89. The van der Waals surface area contributed by atoms with Gasteiger partial charge in [0.1, 0.15) is 11.6 Å². The molecule has 0 saturated heterocycles. The van der Waals surface area contributed by atoms with Crippen molar-refractivity contribution in [3.8, 4) is 0 Å². The standard InChI is InChI=1S/C15H11BrF2O/c1-9(10-5-3-2-4-6-10)15(19)11-7-14(18)12(16)8-13(11)17/h2-9H,1H3. The van der Waals surface area contributed by atoms with Gasteiger partial charge >= 0.3 is 0 Å². The number of hydrogen-bond donors (Lipinski definition) is 0. The molecule has 2 aromatic carbocycles. The lowest BCUT2D eigenvalue weighted by molar-refractivity contribution is 0.0961. The van der Waals surface area contributed by atoms with Crippen molar-refractivity contribution in [2.24, 2.45) is 0 Å². The molecule has 0 saturated carbocycles. The number of carbonyl (C=O) groups excluding carboxylic acids is 1. The summed E-state index contributed by atoms with van der Waals surface area (Å²) in [6, 6.07) is 10.9. The van der Waals surface area contributed by atoms with Crippen LogP contribution in [0.25, 0.3) is 0 Å². The fraction of sp³-hybridized carbons (Fsp3) is 0.133. The van der Waals surface area contributed by atoms with Crippen molar-refractivity contribution < 1.29 is 13.6 Å². The van der Waals surface area contributed by atoms with E-state index in [4.69, 9.17) is 0 Å². The lowest BCUT2D eigenvalue weighted by atomic mass is 9.92. The normalized spacial score (nSPS) is 12.2. The number of rotatable bonds is 3. The zero-order chi connectivity index (χ0) is 14.0. The molecular formula is C15H11BrF2O. The minimum Gasteiger partial charge on any atom is -0.293 e. The summed E-state index contributed by atoms with van der Waals surface area (Å²) >= 11 is 2.88. The third-order valence-electron chi connectivity index (χ3n) is 2.97. The molecule has 98 valence electrons. The quantitative estimate of drug-likeness (QED) is 0.590. The van der Waals surface area contributed by atoms with Gasteiger partial charge in [0.15, 0.2) is 5.78 Å². The van der Waals surface area contributed by atoms with Gasteiger partial charge in [-0.15, -0.1) is 0 Å². The smallest absolute Gasteiger partial charge is 0.173 e. The van der Waals surface area contributed by atoms with Crippen molar-refractivity contribution in [3.63, 3.8) is 0 Å². The molecule has 2 aromatic rings. The molecular weight excluding hydrogens is 314 g/mol. The lowest BCUT2D eigenvalue weighted by Gasteiger charge is -2.12. The summed E-state index contributed by atoms with van der Waals surface area (Å²) in [7, 11) is 0. The zero-order valence-electron chi connectivity index (χ0n) is 10.2. The van der Waals surface area contributed by atoms with Crippen LogP contribution >= 0.6 is 15.9 Å². The molecule has 1 nitrogen and oxygen atoms in total. The molecule has 0 aliphatic rings. The first-order valence-electron chi connectivity index (χ1n) is 5.74. The highest BCUT2D eigenvalue weighted by molar-refractivity contribution is 9.10. The van der Waals surface area contributed by atoms with Gasteiger partial charge in [0, 0.05) is 5.92 Å². The van der Waals surface area contributed by atoms with Gasteiger partial charge in [-0.25, -0.2) is 8.78 Å². The van der Waals surface area contributed by atoms with Crippen molar-refractivity contribution in [2.75, 3.05) is 0 Å². The van der Waals surface area contributed by atoms with Crippen LogP contribution in [-0.2, 0) is 0 Å². The van der Waals surface area contributed by atoms with Gasteiger partial charge in [-0.05, 0) is 33.6 Å². The maximum absolute atomic E-state index is 13.7. The van der Waals surface area contributed by atoms with E-state index in [0.29, 0.717) is 0 Å². The van der Waals surface area contributed by atoms with Crippen LogP contribution in [0, 0.1) is 11.6 Å². The number of carbonyl (C=O) groups is 1. The number of benzene rings is 2. The zero-order valence-corrected chi connectivity index (χ0v) is 11.7. The Labute approximate surface area is 118 Å². The first-order valence-corrected chi connectivity index (χ1v) is 6.53. The molecule has 0 amide bonds. The summed E-state index contributed by atoms with van der Waals surface area (Å²) in [5.74, 6) is -2.32. The number of Topliss-reactive ketones (excluding diaryl/α,β-unsaturated/α-hetero) is 1. The highest BCUT2D eigenvalue weighted by atomic mass is 79.9. The number of hydrogen-bond acceptors (Lipinski definition) is 1. The minimum atomic E-state index is -0.721. The average Bonchev–Trinajstić information content (AvgIpc) is 2.42. The lowest BCUT2D eigenvalue weighted by Crippen LogP contribution is -2.12. The van der Waals surface area contributed by atoms with Crippen LogP contribution in [0.2, 0.25) is 0 Å². The second-order valence-electron chi connectivity index (χ2n) is 4.24. The minimum absolute atomic E-state index is 0.00825. The highest BCUT2D eigenvalue weighted by Crippen LogP contribution is 2.25. The Hall–Kier alpha value is -1.55. The maximum atomic E-state index is 13.7. The molecule has 0 fully saturated rings. The molecule has 0 aromatic heterocycles. The summed E-state index contributed by atoms with van der Waals surface area (Å²) in [6.45, 7) is 1.68. The van der Waals surface area contributed by atoms with Gasteiger partial charge in [0.2, 0.25) is 0 Å². The third-order valence-corrected chi connectivity index (χ3v) is 3.58. The molecule has 0 aliphatic carbocycles. The maximum Gasteiger partial charge on any atom is 0.173 e. The predicted molar refractivity (Wildman–Crippen MR) is 73.2 cm³/mol. The van der Waals surface area contributed by atoms with Crippen molar-refractivity contribution in [1.82, 2.24) is 0 Å². The fourth-order valence-corrected chi connectivity index (χ4v) is 2.15. The van der Waals surface area contributed by atoms with E-state index in [-0.39, 0.29) is 10.0 Å². The Bertz CT molecular complexity index is 611. The van der Waals surface area contributed by atoms with Crippen molar-refractivity contribution >= 4 is 21.7 Å². The summed E-state index contributed by atoms with van der Waals surface area (Å²) in [4.78, 5) is 12.2. The van der Waals surface area contributed by atoms with Crippen LogP contribution in [0.1, 0.15) is 28.8 Å². The van der Waals surface area contributed by atoms with E-state index in [1.54, 1.807) is 31.2 Å². The van der Waals surface area contributed by atoms with E-state index in [0.717, 1.165) is 17.7 Å². The Balaban J connectivity index is 2.37. The molecule has 0 spiro atoms. The van der Waals surface area contributed by atoms with Gasteiger partial charge in [0.25, 0.3) is 0 Å². The Morgan fingerprint density at radius 1 is 1.11 bits per heavy atom. The molecule has 19 heavy (non-hydrogen) atoms. The number of halogens is 3. The molecule has 0 aliphatic heterocycles. The van der Waals surface area contributed by atoms with Crippen LogP contribution in [0.4, 0.5) is 8.78 Å². The van der Waals surface area contributed by atoms with Gasteiger partial charge in [-0.1, -0.05) is 37.3 Å². The van der Waals surface area contributed by atoms with Crippen LogP contribution in [0.5, 0.6) is 0 Å². The van der Waals surface area contributed by atoms with Crippen LogP contribution in [-0.4, -0.2) is 5.78 Å². The van der Waals surface area contributed by atoms with Crippen LogP contribution in [0.3, 0.4) is 0 Å². The first kappa shape index (κ1) is 13.9. The molecule has 4 heteroatoms. The highest BCUT2D eigenvalue weighted by Gasteiger charge is 2.21. The van der Waals surface area contributed by atoms with E-state index >= 15 is 0 Å². The second-order valence-corrected chi connectivity index (χ2v) is 5.10. The molecule has 1 unspecified atom stereocenters. The first-order chi connectivity index (χ1) is 9.00. The summed E-state index contributed by atoms with van der Waals surface area (Å²) in [5, 5.41) is 0. The number of ketones is 1. The van der Waals surface area contributed by atoms with E-state index in [1.165, 1.54) is 0 Å². The fourth-order valence-electron chi connectivity index (χ4n) is 1.84. The monoisotopic (exact) mass is 324 g/mol. The van der Waals surface area contributed by atoms with E-state index in [9.17, 15) is 13.6 Å². The molecule has 0 radical (unpaired) electrons. The van der Waals surface area contributed by atoms with E-state index in [1.807, 2.05) is 6.07 Å². The summed E-state index contributed by atoms with van der Waals surface area (Å²) in [5.41, 5.74) is 0.548. The van der Waals surface area contributed by atoms with Gasteiger partial charge in [0.05, 0.1) is 10.0 Å². The Morgan fingerprint density at radius 2 is 1.74 bits per heavy atom. The second kappa shape index (κ2) is 5.61. The largest absolute Gasteiger partial charge is 0.293 e. The Kier molecular flexibility index (Phi) is 4.10. The topological polar surface area (TPSA) is 17.1 Å². The molecule has 0 heterocycles. The van der Waals surface area contributed by atoms with Gasteiger partial charge in [-0.2, -0.15) is 0 Å².